The molecule has 18 nitrogen and oxygen atoms in total. The van der Waals surface area contributed by atoms with Crippen molar-refractivity contribution in [1.29, 1.82) is 0 Å². The van der Waals surface area contributed by atoms with E-state index in [2.05, 4.69) is 177 Å². The highest BCUT2D eigenvalue weighted by Crippen LogP contribution is 2.40. The summed E-state index contributed by atoms with van der Waals surface area (Å²) in [6.07, 6.45) is 14.3. The van der Waals surface area contributed by atoms with Crippen LogP contribution < -0.4 is 21.4 Å². The Morgan fingerprint density at radius 1 is 0.906 bits per heavy atom. The number of ether oxygens (including phenoxy) is 1. The third-order valence-electron chi connectivity index (χ3n) is 7.35. The van der Waals surface area contributed by atoms with Gasteiger partial charge in [0.25, 0.3) is 5.91 Å². The van der Waals surface area contributed by atoms with Crippen LogP contribution >= 0.6 is 0 Å². The molecule has 1 fully saturated rings. The lowest BCUT2D eigenvalue weighted by molar-refractivity contribution is -0.546. The number of rotatable bonds is 7. The SMILES string of the molecule is C#CC#CC#CC#CC#CC#CC#CC#CC#CC#CC#CC.C[C@@H]1Cn2cnnc2-c2cccc(NC(=O)c3cc(-n4cnc(C5CC5)c4)ccn3)c2O1.NN=NN=NN[N+](=O)[O-].[HH].[HH].[HH].[HH].[HH].[HH].[HH].[HH]. The molecule has 0 radical (unpaired) electrons. The van der Waals surface area contributed by atoms with Crippen LogP contribution in [-0.4, -0.2) is 46.3 Å². The van der Waals surface area contributed by atoms with Gasteiger partial charge in [-0.2, -0.15) is 0 Å². The molecule has 4 heterocycles. The number of hydrazine groups is 1. The first-order valence-corrected chi connectivity index (χ1v) is 18.1. The summed E-state index contributed by atoms with van der Waals surface area (Å²) in [4.78, 5) is 31.2. The Labute approximate surface area is 379 Å². The number of para-hydroxylation sites is 1. The average Bonchev–Trinajstić information content (AvgIpc) is 3.89. The number of benzene rings is 1. The summed E-state index contributed by atoms with van der Waals surface area (Å²) >= 11 is 0. The van der Waals surface area contributed by atoms with E-state index in [1.165, 1.54) is 18.4 Å². The van der Waals surface area contributed by atoms with E-state index in [-0.39, 0.29) is 23.4 Å². The predicted octanol–water partition coefficient (Wildman–Crippen LogP) is 5.45. The molecule has 0 spiro atoms. The van der Waals surface area contributed by atoms with Gasteiger partial charge < -0.3 is 35.1 Å². The summed E-state index contributed by atoms with van der Waals surface area (Å²) in [5.74, 6) is 57.9. The number of nitrogens with two attached hydrogens (primary N) is 1. The van der Waals surface area contributed by atoms with Crippen molar-refractivity contribution in [2.75, 3.05) is 5.32 Å². The van der Waals surface area contributed by atoms with Crippen LogP contribution in [0.15, 0.2) is 76.3 Å². The number of carbonyl (C=O) groups excluding carboxylic acids is 1. The Morgan fingerprint density at radius 3 is 2.11 bits per heavy atom. The van der Waals surface area contributed by atoms with Gasteiger partial charge in [0.1, 0.15) is 23.3 Å². The van der Waals surface area contributed by atoms with Crippen molar-refractivity contribution >= 4 is 11.6 Å². The minimum absolute atomic E-state index is 0. The normalized spacial score (nSPS) is 11.4. The number of nitrogens with one attached hydrogen (secondary N) is 2. The number of terminal acetylenes is 1. The Balaban J connectivity index is -0.000000335. The fourth-order valence-electron chi connectivity index (χ4n) is 4.74. The van der Waals surface area contributed by atoms with Crippen LogP contribution in [0.4, 0.5) is 5.69 Å². The molecule has 1 aliphatic heterocycles. The van der Waals surface area contributed by atoms with E-state index in [4.69, 9.17) is 11.2 Å². The Kier molecular flexibility index (Phi) is 19.0. The Morgan fingerprint density at radius 2 is 1.53 bits per heavy atom. The van der Waals surface area contributed by atoms with E-state index >= 15 is 0 Å². The van der Waals surface area contributed by atoms with Gasteiger partial charge in [0.05, 0.1) is 40.5 Å². The zero-order valence-electron chi connectivity index (χ0n) is 33.7. The maximum absolute atomic E-state index is 13.1. The number of carbonyl (C=O) groups is 1. The molecule has 6 rings (SSSR count). The van der Waals surface area contributed by atoms with Crippen molar-refractivity contribution in [2.24, 2.45) is 26.7 Å². The number of nitro groups is 1. The number of aromatic nitrogens is 6. The van der Waals surface area contributed by atoms with Gasteiger partial charge in [-0.15, -0.1) is 16.6 Å². The van der Waals surface area contributed by atoms with Gasteiger partial charge >= 0.3 is 0 Å². The van der Waals surface area contributed by atoms with Crippen LogP contribution in [0.1, 0.15) is 60.2 Å². The first-order chi connectivity index (χ1) is 31.3. The molecule has 0 unspecified atom stereocenters. The lowest BCUT2D eigenvalue weighted by Crippen LogP contribution is -2.19. The van der Waals surface area contributed by atoms with Gasteiger partial charge in [-0.1, -0.05) is 17.2 Å². The first-order valence-electron chi connectivity index (χ1n) is 18.1. The highest BCUT2D eigenvalue weighted by molar-refractivity contribution is 6.04. The van der Waals surface area contributed by atoms with Crippen molar-refractivity contribution < 1.29 is 26.0 Å². The molecule has 1 aromatic carbocycles. The van der Waals surface area contributed by atoms with Gasteiger partial charge in [-0.25, -0.2) is 4.98 Å². The fourth-order valence-corrected chi connectivity index (χ4v) is 4.74. The number of imidazole rings is 1. The maximum atomic E-state index is 13.1. The number of anilines is 1. The number of amides is 1. The summed E-state index contributed by atoms with van der Waals surface area (Å²) in [6, 6.07) is 9.22. The van der Waals surface area contributed by atoms with Crippen molar-refractivity contribution in [1.82, 2.24) is 34.8 Å². The van der Waals surface area contributed by atoms with Crippen LogP contribution in [0.25, 0.3) is 17.1 Å². The third-order valence-corrected chi connectivity index (χ3v) is 7.35. The number of hydrogen-bond acceptors (Lipinski definition) is 10. The second-order valence-corrected chi connectivity index (χ2v) is 11.8. The standard InChI is InChI=1S/C23H21N7O2.C23H4.H3N7O2.8H2/c1-14-10-30-13-26-28-22(30)17-3-2-4-18(21(17)32-14)27-23(31)19-9-16(7-8-24-19)29-11-20(25-12-29)15-5-6-15;1-3-5-7-9-11-13-15-17-19-21-23-22-20-18-16-14-12-10-8-6-4-2;1-2-3-4-5-6-7(8)9;;;;;;;;/h2-4,7-9,11-15H,5-6,10H2,1H3,(H,27,31);1H,2H3;(H2,1,3,5)(H,2,4,6);8*1H/t14-;;;;;;;;;;/m1........../s1. The van der Waals surface area contributed by atoms with Crippen LogP contribution in [0, 0.1) is 141 Å². The smallest absolute Gasteiger partial charge is 0.274 e. The molecule has 0 saturated heterocycles. The van der Waals surface area contributed by atoms with Crippen molar-refractivity contribution in [3.63, 3.8) is 0 Å². The van der Waals surface area contributed by atoms with E-state index in [0.717, 1.165) is 16.9 Å². The maximum Gasteiger partial charge on any atom is 0.274 e. The van der Waals surface area contributed by atoms with E-state index in [1.54, 1.807) is 31.8 Å². The summed E-state index contributed by atoms with van der Waals surface area (Å²) in [5.41, 5.74) is 4.96. The highest BCUT2D eigenvalue weighted by Gasteiger charge is 2.26. The molecular weight excluding hydrogens is 813 g/mol. The molecule has 4 aromatic rings. The molecule has 4 N–H and O–H groups in total. The summed E-state index contributed by atoms with van der Waals surface area (Å²) in [7, 11) is 0. The lowest BCUT2D eigenvalue weighted by atomic mass is 10.1. The van der Waals surface area contributed by atoms with E-state index in [9.17, 15) is 14.9 Å². The Hall–Kier alpha value is -10.6. The van der Waals surface area contributed by atoms with Gasteiger partial charge in [0.2, 0.25) is 0 Å². The summed E-state index contributed by atoms with van der Waals surface area (Å²) in [5, 5.41) is 30.5. The van der Waals surface area contributed by atoms with Gasteiger partial charge in [-0.05, 0) is 146 Å². The second kappa shape index (κ2) is 26.4. The molecule has 1 saturated carbocycles. The molecular formula is C46H44N14O4. The van der Waals surface area contributed by atoms with Gasteiger partial charge in [-0.3, -0.25) is 9.78 Å². The van der Waals surface area contributed by atoms with Crippen LogP contribution in [-0.2, 0) is 6.54 Å². The molecule has 1 aliphatic carbocycles. The molecule has 3 aromatic heterocycles. The second-order valence-electron chi connectivity index (χ2n) is 11.8. The number of fused-ring (bicyclic) bond motifs is 3. The topological polar surface area (TPSA) is 230 Å². The summed E-state index contributed by atoms with van der Waals surface area (Å²) in [6.45, 7) is 4.30. The fraction of sp³-hybridized carbons (Fsp3) is 0.152. The van der Waals surface area contributed by atoms with Gasteiger partial charge in [0.15, 0.2) is 16.8 Å². The quantitative estimate of drug-likeness (QED) is 0.0699. The van der Waals surface area contributed by atoms with Crippen molar-refractivity contribution in [3.05, 3.63) is 76.9 Å². The van der Waals surface area contributed by atoms with E-state index < -0.39 is 5.03 Å². The minimum Gasteiger partial charge on any atom is -0.486 e. The minimum atomic E-state index is -0.907. The zero-order valence-corrected chi connectivity index (χ0v) is 33.7. The highest BCUT2D eigenvalue weighted by atomic mass is 16.7. The van der Waals surface area contributed by atoms with Crippen LogP contribution in [0.3, 0.4) is 0 Å². The van der Waals surface area contributed by atoms with E-state index in [1.807, 2.05) is 46.5 Å². The summed E-state index contributed by atoms with van der Waals surface area (Å²) < 4.78 is 10.0. The van der Waals surface area contributed by atoms with Gasteiger partial charge in [0, 0.05) is 64.2 Å². The monoisotopic (exact) mass is 856 g/mol. The largest absolute Gasteiger partial charge is 0.486 e. The molecule has 18 heteroatoms. The van der Waals surface area contributed by atoms with Crippen LogP contribution in [0.5, 0.6) is 5.75 Å². The predicted molar refractivity (Wildman–Crippen MR) is 250 cm³/mol. The number of hydrogen-bond donors (Lipinski definition) is 3. The average molecular weight is 857 g/mol. The molecule has 2 aliphatic rings. The molecule has 0 bridgehead atoms. The van der Waals surface area contributed by atoms with E-state index in [0.29, 0.717) is 35.4 Å². The lowest BCUT2D eigenvalue weighted by Gasteiger charge is -2.16. The first kappa shape index (κ1) is 46.0. The van der Waals surface area contributed by atoms with Crippen molar-refractivity contribution in [3.8, 4) is 154 Å². The molecule has 322 valence electrons. The number of pyridine rings is 1. The van der Waals surface area contributed by atoms with Crippen molar-refractivity contribution in [2.45, 2.75) is 45.3 Å². The third kappa shape index (κ3) is 16.3. The molecule has 64 heavy (non-hydrogen) atoms. The molecule has 1 amide bonds. The number of nitrogens with zero attached hydrogens (tertiary/aromatic N) is 11. The molecule has 1 atom stereocenters. The zero-order chi connectivity index (χ0) is 45.6. The Bertz CT molecular complexity index is 3200. The van der Waals surface area contributed by atoms with Crippen LogP contribution in [0.2, 0.25) is 0 Å².